The van der Waals surface area contributed by atoms with E-state index in [9.17, 15) is 0 Å². The smallest absolute Gasteiger partial charge is 0.123 e. The van der Waals surface area contributed by atoms with E-state index >= 15 is 0 Å². The zero-order valence-corrected chi connectivity index (χ0v) is 9.07. The Kier molecular flexibility index (Phi) is 1.94. The number of aromatic nitrogens is 2. The zero-order valence-electron chi connectivity index (χ0n) is 9.07. The first kappa shape index (κ1) is 9.36. The first-order valence-corrected chi connectivity index (χ1v) is 5.38. The van der Waals surface area contributed by atoms with Crippen LogP contribution in [0.4, 0.5) is 0 Å². The van der Waals surface area contributed by atoms with Crippen LogP contribution in [0.3, 0.4) is 0 Å². The lowest BCUT2D eigenvalue weighted by Crippen LogP contribution is -2.06. The number of benzene rings is 2. The van der Waals surface area contributed by atoms with Gasteiger partial charge in [-0.2, -0.15) is 0 Å². The summed E-state index contributed by atoms with van der Waals surface area (Å²) in [6.07, 6.45) is 0. The van der Waals surface area contributed by atoms with Gasteiger partial charge in [-0.15, -0.1) is 0 Å². The Bertz CT molecular complexity index is 600. The molecule has 0 aliphatic rings. The maximum atomic E-state index is 5.81. The van der Waals surface area contributed by atoms with Gasteiger partial charge in [0.25, 0.3) is 0 Å². The second-order valence-electron chi connectivity index (χ2n) is 4.13. The van der Waals surface area contributed by atoms with Gasteiger partial charge in [0.15, 0.2) is 0 Å². The number of H-pyrrole nitrogens is 1. The molecule has 0 saturated heterocycles. The van der Waals surface area contributed by atoms with Gasteiger partial charge in [0, 0.05) is 0 Å². The van der Waals surface area contributed by atoms with Crippen LogP contribution >= 0.6 is 0 Å². The number of nitrogens with two attached hydrogens (primary N) is 1. The van der Waals surface area contributed by atoms with E-state index in [4.69, 9.17) is 5.73 Å². The highest BCUT2D eigenvalue weighted by Crippen LogP contribution is 2.22. The number of rotatable bonds is 1. The molecular formula is C13H13N3. The molecule has 3 nitrogen and oxygen atoms in total. The predicted octanol–water partition coefficient (Wildman–Crippen LogP) is 2.74. The average molecular weight is 211 g/mol. The summed E-state index contributed by atoms with van der Waals surface area (Å²) in [6, 6.07) is 12.4. The van der Waals surface area contributed by atoms with E-state index in [2.05, 4.69) is 34.2 Å². The maximum absolute atomic E-state index is 5.81. The van der Waals surface area contributed by atoms with E-state index in [-0.39, 0.29) is 6.04 Å². The monoisotopic (exact) mass is 211 g/mol. The van der Waals surface area contributed by atoms with Crippen LogP contribution in [0.5, 0.6) is 0 Å². The molecule has 0 saturated carbocycles. The highest BCUT2D eigenvalue weighted by atomic mass is 15.0. The zero-order chi connectivity index (χ0) is 11.1. The summed E-state index contributed by atoms with van der Waals surface area (Å²) < 4.78 is 0. The Morgan fingerprint density at radius 3 is 2.56 bits per heavy atom. The molecule has 16 heavy (non-hydrogen) atoms. The first-order chi connectivity index (χ1) is 7.74. The minimum atomic E-state index is -0.0597. The van der Waals surface area contributed by atoms with Crippen molar-refractivity contribution < 1.29 is 0 Å². The van der Waals surface area contributed by atoms with Gasteiger partial charge in [-0.1, -0.05) is 24.3 Å². The van der Waals surface area contributed by atoms with Crippen LogP contribution in [-0.4, -0.2) is 9.97 Å². The Balaban J connectivity index is 2.34. The molecule has 0 aliphatic heterocycles. The number of aromatic amines is 1. The summed E-state index contributed by atoms with van der Waals surface area (Å²) in [6.45, 7) is 1.93. The van der Waals surface area contributed by atoms with Gasteiger partial charge in [0.1, 0.15) is 5.82 Å². The van der Waals surface area contributed by atoms with Crippen molar-refractivity contribution in [2.75, 3.05) is 0 Å². The number of imidazole rings is 1. The van der Waals surface area contributed by atoms with Crippen LogP contribution < -0.4 is 5.73 Å². The topological polar surface area (TPSA) is 54.7 Å². The van der Waals surface area contributed by atoms with Gasteiger partial charge in [0.05, 0.1) is 17.1 Å². The van der Waals surface area contributed by atoms with E-state index in [1.54, 1.807) is 0 Å². The molecule has 1 aromatic heterocycles. The third-order valence-electron chi connectivity index (χ3n) is 2.80. The minimum absolute atomic E-state index is 0.0597. The molecule has 0 radical (unpaired) electrons. The average Bonchev–Trinajstić information content (AvgIpc) is 2.68. The third-order valence-corrected chi connectivity index (χ3v) is 2.80. The lowest BCUT2D eigenvalue weighted by atomic mass is 10.1. The van der Waals surface area contributed by atoms with Crippen molar-refractivity contribution in [2.24, 2.45) is 5.73 Å². The van der Waals surface area contributed by atoms with Crippen molar-refractivity contribution in [1.82, 2.24) is 9.97 Å². The largest absolute Gasteiger partial charge is 0.341 e. The van der Waals surface area contributed by atoms with Gasteiger partial charge >= 0.3 is 0 Å². The Morgan fingerprint density at radius 1 is 1.19 bits per heavy atom. The number of nitrogens with one attached hydrogen (secondary N) is 1. The number of hydrogen-bond donors (Lipinski definition) is 2. The Hall–Kier alpha value is -1.87. The van der Waals surface area contributed by atoms with Gasteiger partial charge in [-0.05, 0) is 29.8 Å². The fourth-order valence-electron chi connectivity index (χ4n) is 1.93. The SMILES string of the molecule is CC(N)c1nc2cc3ccccc3cc2[nH]1. The van der Waals surface area contributed by atoms with Crippen LogP contribution in [0.25, 0.3) is 21.8 Å². The summed E-state index contributed by atoms with van der Waals surface area (Å²) in [5.74, 6) is 0.838. The molecule has 1 atom stereocenters. The fraction of sp³-hybridized carbons (Fsp3) is 0.154. The van der Waals surface area contributed by atoms with Crippen molar-refractivity contribution in [3.8, 4) is 0 Å². The molecule has 3 N–H and O–H groups in total. The molecule has 0 aliphatic carbocycles. The molecule has 0 spiro atoms. The highest BCUT2D eigenvalue weighted by molar-refractivity contribution is 5.95. The van der Waals surface area contributed by atoms with E-state index in [0.29, 0.717) is 0 Å². The van der Waals surface area contributed by atoms with Crippen molar-refractivity contribution in [2.45, 2.75) is 13.0 Å². The normalized spacial score (nSPS) is 13.4. The number of hydrogen-bond acceptors (Lipinski definition) is 2. The summed E-state index contributed by atoms with van der Waals surface area (Å²) in [4.78, 5) is 7.73. The molecule has 0 bridgehead atoms. The third kappa shape index (κ3) is 1.37. The first-order valence-electron chi connectivity index (χ1n) is 5.38. The molecule has 3 heteroatoms. The second kappa shape index (κ2) is 3.32. The van der Waals surface area contributed by atoms with Gasteiger partial charge in [-0.25, -0.2) is 4.98 Å². The van der Waals surface area contributed by atoms with E-state index in [1.165, 1.54) is 10.8 Å². The van der Waals surface area contributed by atoms with Gasteiger partial charge in [-0.3, -0.25) is 0 Å². The molecule has 3 rings (SSSR count). The van der Waals surface area contributed by atoms with Crippen LogP contribution in [0, 0.1) is 0 Å². The number of nitrogens with zero attached hydrogens (tertiary/aromatic N) is 1. The number of fused-ring (bicyclic) bond motifs is 2. The van der Waals surface area contributed by atoms with Crippen molar-refractivity contribution >= 4 is 21.8 Å². The van der Waals surface area contributed by atoms with Gasteiger partial charge < -0.3 is 10.7 Å². The van der Waals surface area contributed by atoms with Crippen LogP contribution in [0.2, 0.25) is 0 Å². The summed E-state index contributed by atoms with van der Waals surface area (Å²) in [7, 11) is 0. The molecule has 0 fully saturated rings. The highest BCUT2D eigenvalue weighted by Gasteiger charge is 2.07. The summed E-state index contributed by atoms with van der Waals surface area (Å²) in [5, 5.41) is 2.42. The second-order valence-corrected chi connectivity index (χ2v) is 4.13. The molecule has 3 aromatic rings. The van der Waals surface area contributed by atoms with Crippen molar-refractivity contribution in [3.05, 3.63) is 42.2 Å². The van der Waals surface area contributed by atoms with Crippen LogP contribution in [-0.2, 0) is 0 Å². The summed E-state index contributed by atoms with van der Waals surface area (Å²) >= 11 is 0. The molecule has 0 amide bonds. The predicted molar refractivity (Wildman–Crippen MR) is 66.2 cm³/mol. The fourth-order valence-corrected chi connectivity index (χ4v) is 1.93. The molecule has 1 unspecified atom stereocenters. The van der Waals surface area contributed by atoms with Crippen LogP contribution in [0.15, 0.2) is 36.4 Å². The Morgan fingerprint density at radius 2 is 1.88 bits per heavy atom. The van der Waals surface area contributed by atoms with Crippen molar-refractivity contribution in [1.29, 1.82) is 0 Å². The van der Waals surface area contributed by atoms with Crippen molar-refractivity contribution in [3.63, 3.8) is 0 Å². The lowest BCUT2D eigenvalue weighted by molar-refractivity contribution is 0.760. The molecule has 80 valence electrons. The minimum Gasteiger partial charge on any atom is -0.341 e. The quantitative estimate of drug-likeness (QED) is 0.650. The lowest BCUT2D eigenvalue weighted by Gasteiger charge is -1.96. The van der Waals surface area contributed by atoms with E-state index in [0.717, 1.165) is 16.9 Å². The molecule has 1 heterocycles. The maximum Gasteiger partial charge on any atom is 0.123 e. The van der Waals surface area contributed by atoms with Gasteiger partial charge in [0.2, 0.25) is 0 Å². The molecular weight excluding hydrogens is 198 g/mol. The summed E-state index contributed by atoms with van der Waals surface area (Å²) in [5.41, 5.74) is 7.83. The standard InChI is InChI=1S/C13H13N3/c1-8(14)13-15-11-6-9-4-2-3-5-10(9)7-12(11)16-13/h2-8H,14H2,1H3,(H,15,16). The van der Waals surface area contributed by atoms with E-state index < -0.39 is 0 Å². The Labute approximate surface area is 93.3 Å². The van der Waals surface area contributed by atoms with E-state index in [1.807, 2.05) is 19.1 Å². The van der Waals surface area contributed by atoms with Crippen LogP contribution in [0.1, 0.15) is 18.8 Å². The molecule has 2 aromatic carbocycles.